The Labute approximate surface area is 123 Å². The molecule has 0 bridgehead atoms. The van der Waals surface area contributed by atoms with Crippen LogP contribution in [0.4, 0.5) is 0 Å². The second-order valence-corrected chi connectivity index (χ2v) is 7.00. The van der Waals surface area contributed by atoms with Gasteiger partial charge in [0.25, 0.3) is 0 Å². The minimum atomic E-state index is 0.390. The highest BCUT2D eigenvalue weighted by molar-refractivity contribution is 5.77. The number of amides is 1. The van der Waals surface area contributed by atoms with Gasteiger partial charge in [-0.15, -0.1) is 0 Å². The van der Waals surface area contributed by atoms with Crippen LogP contribution in [0.5, 0.6) is 0 Å². The maximum Gasteiger partial charge on any atom is 0.223 e. The standard InChI is InChI=1S/C17H30N2O/c20-17-12-7-13-18(17)14-19(15-8-3-1-4-9-15)16-10-5-2-6-11-16/h15-16H,1-14H2. The van der Waals surface area contributed by atoms with Gasteiger partial charge in [-0.25, -0.2) is 0 Å². The monoisotopic (exact) mass is 278 g/mol. The van der Waals surface area contributed by atoms with Gasteiger partial charge in [-0.05, 0) is 32.1 Å². The van der Waals surface area contributed by atoms with E-state index in [-0.39, 0.29) is 0 Å². The third-order valence-corrected chi connectivity index (χ3v) is 5.59. The third-order valence-electron chi connectivity index (χ3n) is 5.59. The molecule has 114 valence electrons. The van der Waals surface area contributed by atoms with Crippen LogP contribution in [0, 0.1) is 0 Å². The van der Waals surface area contributed by atoms with E-state index in [9.17, 15) is 4.79 Å². The van der Waals surface area contributed by atoms with Crippen molar-refractivity contribution in [2.75, 3.05) is 13.2 Å². The van der Waals surface area contributed by atoms with Crippen LogP contribution in [-0.4, -0.2) is 41.0 Å². The van der Waals surface area contributed by atoms with Gasteiger partial charge in [0.15, 0.2) is 0 Å². The van der Waals surface area contributed by atoms with Crippen molar-refractivity contribution in [3.63, 3.8) is 0 Å². The van der Waals surface area contributed by atoms with Crippen molar-refractivity contribution in [1.29, 1.82) is 0 Å². The van der Waals surface area contributed by atoms with E-state index in [4.69, 9.17) is 0 Å². The lowest BCUT2D eigenvalue weighted by atomic mass is 9.89. The first-order valence-corrected chi connectivity index (χ1v) is 8.88. The highest BCUT2D eigenvalue weighted by atomic mass is 16.2. The Morgan fingerprint density at radius 3 is 1.85 bits per heavy atom. The van der Waals surface area contributed by atoms with Crippen LogP contribution in [0.25, 0.3) is 0 Å². The largest absolute Gasteiger partial charge is 0.330 e. The predicted molar refractivity (Wildman–Crippen MR) is 81.4 cm³/mol. The van der Waals surface area contributed by atoms with E-state index in [1.165, 1.54) is 64.2 Å². The van der Waals surface area contributed by atoms with Crippen LogP contribution in [0.3, 0.4) is 0 Å². The summed E-state index contributed by atoms with van der Waals surface area (Å²) < 4.78 is 0. The van der Waals surface area contributed by atoms with Crippen molar-refractivity contribution in [2.24, 2.45) is 0 Å². The van der Waals surface area contributed by atoms with Crippen LogP contribution >= 0.6 is 0 Å². The van der Waals surface area contributed by atoms with Crippen molar-refractivity contribution in [3.8, 4) is 0 Å². The van der Waals surface area contributed by atoms with Crippen molar-refractivity contribution in [1.82, 2.24) is 9.80 Å². The fourth-order valence-electron chi connectivity index (χ4n) is 4.41. The molecule has 0 aromatic carbocycles. The number of carbonyl (C=O) groups excluding carboxylic acids is 1. The molecule has 20 heavy (non-hydrogen) atoms. The van der Waals surface area contributed by atoms with Gasteiger partial charge in [0.1, 0.15) is 0 Å². The van der Waals surface area contributed by atoms with Crippen LogP contribution < -0.4 is 0 Å². The molecule has 1 amide bonds. The summed E-state index contributed by atoms with van der Waals surface area (Å²) in [5, 5.41) is 0. The molecular weight excluding hydrogens is 248 g/mol. The molecule has 0 unspecified atom stereocenters. The van der Waals surface area contributed by atoms with Gasteiger partial charge in [0.2, 0.25) is 5.91 Å². The maximum atomic E-state index is 12.0. The predicted octanol–water partition coefficient (Wildman–Crippen LogP) is 3.53. The fraction of sp³-hybridized carbons (Fsp3) is 0.941. The van der Waals surface area contributed by atoms with E-state index >= 15 is 0 Å². The Morgan fingerprint density at radius 1 is 0.850 bits per heavy atom. The van der Waals surface area contributed by atoms with Gasteiger partial charge in [-0.3, -0.25) is 9.69 Å². The second kappa shape index (κ2) is 6.93. The molecule has 2 saturated carbocycles. The third kappa shape index (κ3) is 3.36. The normalized spacial score (nSPS) is 26.6. The highest BCUT2D eigenvalue weighted by Gasteiger charge is 2.32. The average molecular weight is 278 g/mol. The number of carbonyl (C=O) groups is 1. The van der Waals surface area contributed by atoms with Crippen LogP contribution in [0.15, 0.2) is 0 Å². The molecule has 0 atom stereocenters. The Balaban J connectivity index is 1.66. The quantitative estimate of drug-likeness (QED) is 0.785. The molecular formula is C17H30N2O. The van der Waals surface area contributed by atoms with Crippen LogP contribution in [0.1, 0.15) is 77.0 Å². The first-order chi connectivity index (χ1) is 9.84. The Bertz CT molecular complexity index is 301. The smallest absolute Gasteiger partial charge is 0.223 e. The molecule has 0 N–H and O–H groups in total. The highest BCUT2D eigenvalue weighted by Crippen LogP contribution is 2.30. The Morgan fingerprint density at radius 2 is 1.40 bits per heavy atom. The van der Waals surface area contributed by atoms with Crippen LogP contribution in [0.2, 0.25) is 0 Å². The van der Waals surface area contributed by atoms with Gasteiger partial charge < -0.3 is 4.90 Å². The van der Waals surface area contributed by atoms with Gasteiger partial charge >= 0.3 is 0 Å². The number of likely N-dealkylation sites (tertiary alicyclic amines) is 1. The summed E-state index contributed by atoms with van der Waals surface area (Å²) in [4.78, 5) is 16.8. The minimum absolute atomic E-state index is 0.390. The zero-order valence-corrected chi connectivity index (χ0v) is 12.9. The molecule has 3 rings (SSSR count). The lowest BCUT2D eigenvalue weighted by molar-refractivity contribution is -0.131. The Hall–Kier alpha value is -0.570. The summed E-state index contributed by atoms with van der Waals surface area (Å²) in [5.74, 6) is 0.390. The van der Waals surface area contributed by atoms with Gasteiger partial charge in [-0.2, -0.15) is 0 Å². The van der Waals surface area contributed by atoms with Gasteiger partial charge in [0, 0.05) is 25.0 Å². The molecule has 1 heterocycles. The number of nitrogens with zero attached hydrogens (tertiary/aromatic N) is 2. The van der Waals surface area contributed by atoms with E-state index in [1.54, 1.807) is 0 Å². The molecule has 3 aliphatic rings. The van der Waals surface area contributed by atoms with E-state index in [0.29, 0.717) is 5.91 Å². The van der Waals surface area contributed by atoms with E-state index in [1.807, 2.05) is 0 Å². The average Bonchev–Trinajstić information content (AvgIpc) is 2.92. The van der Waals surface area contributed by atoms with E-state index < -0.39 is 0 Å². The van der Waals surface area contributed by atoms with Gasteiger partial charge in [-0.1, -0.05) is 38.5 Å². The summed E-state index contributed by atoms with van der Waals surface area (Å²) in [6.07, 6.45) is 15.7. The minimum Gasteiger partial charge on any atom is -0.330 e. The summed E-state index contributed by atoms with van der Waals surface area (Å²) in [5.41, 5.74) is 0. The molecule has 0 spiro atoms. The lowest BCUT2D eigenvalue weighted by Gasteiger charge is -2.43. The van der Waals surface area contributed by atoms with Crippen LogP contribution in [-0.2, 0) is 4.79 Å². The maximum absolute atomic E-state index is 12.0. The molecule has 2 aliphatic carbocycles. The molecule has 3 heteroatoms. The first kappa shape index (κ1) is 14.4. The van der Waals surface area contributed by atoms with Crippen molar-refractivity contribution in [2.45, 2.75) is 89.1 Å². The molecule has 3 fully saturated rings. The first-order valence-electron chi connectivity index (χ1n) is 8.88. The molecule has 1 aliphatic heterocycles. The van der Waals surface area contributed by atoms with Crippen molar-refractivity contribution >= 4 is 5.91 Å². The second-order valence-electron chi connectivity index (χ2n) is 7.00. The fourth-order valence-corrected chi connectivity index (χ4v) is 4.41. The Kier molecular flexibility index (Phi) is 4.98. The zero-order chi connectivity index (χ0) is 13.8. The molecule has 0 aromatic rings. The summed E-state index contributed by atoms with van der Waals surface area (Å²) in [7, 11) is 0. The topological polar surface area (TPSA) is 23.6 Å². The molecule has 0 aromatic heterocycles. The van der Waals surface area contributed by atoms with E-state index in [0.717, 1.165) is 38.1 Å². The summed E-state index contributed by atoms with van der Waals surface area (Å²) in [6.45, 7) is 1.92. The summed E-state index contributed by atoms with van der Waals surface area (Å²) >= 11 is 0. The summed E-state index contributed by atoms with van der Waals surface area (Å²) in [6, 6.07) is 1.50. The van der Waals surface area contributed by atoms with E-state index in [2.05, 4.69) is 9.80 Å². The van der Waals surface area contributed by atoms with Crippen molar-refractivity contribution < 1.29 is 4.79 Å². The molecule has 0 radical (unpaired) electrons. The number of rotatable bonds is 4. The number of hydrogen-bond donors (Lipinski definition) is 0. The molecule has 1 saturated heterocycles. The zero-order valence-electron chi connectivity index (χ0n) is 12.9. The van der Waals surface area contributed by atoms with Crippen molar-refractivity contribution in [3.05, 3.63) is 0 Å². The number of hydrogen-bond acceptors (Lipinski definition) is 2. The molecule has 3 nitrogen and oxygen atoms in total. The lowest BCUT2D eigenvalue weighted by Crippen LogP contribution is -2.50. The SMILES string of the molecule is O=C1CCCN1CN(C1CCCCC1)C1CCCCC1. The van der Waals surface area contributed by atoms with Gasteiger partial charge in [0.05, 0.1) is 6.67 Å².